The minimum atomic E-state index is -0.337. The van der Waals surface area contributed by atoms with E-state index in [1.54, 1.807) is 6.92 Å². The van der Waals surface area contributed by atoms with Crippen molar-refractivity contribution in [2.45, 2.75) is 19.9 Å². The van der Waals surface area contributed by atoms with Gasteiger partial charge in [0.1, 0.15) is 11.8 Å². The molecule has 0 spiro atoms. The van der Waals surface area contributed by atoms with Crippen molar-refractivity contribution in [3.05, 3.63) is 24.3 Å². The summed E-state index contributed by atoms with van der Waals surface area (Å²) in [6.45, 7) is 4.60. The Bertz CT molecular complexity index is 420. The van der Waals surface area contributed by atoms with E-state index in [2.05, 4.69) is 16.6 Å². The second-order valence-electron chi connectivity index (χ2n) is 3.75. The Balaban J connectivity index is 2.51. The molecule has 1 aromatic carbocycles. The molecule has 0 bridgehead atoms. The molecule has 0 saturated carbocycles. The van der Waals surface area contributed by atoms with Gasteiger partial charge >= 0.3 is 0 Å². The summed E-state index contributed by atoms with van der Waals surface area (Å²) in [6, 6.07) is 7.12. The molecule has 4 nitrogen and oxygen atoms in total. The van der Waals surface area contributed by atoms with Crippen molar-refractivity contribution >= 4 is 11.6 Å². The van der Waals surface area contributed by atoms with Crippen LogP contribution in [0.5, 0.6) is 5.75 Å². The van der Waals surface area contributed by atoms with E-state index in [1.807, 2.05) is 31.2 Å². The number of hydrogen-bond donors (Lipinski definition) is 2. The lowest BCUT2D eigenvalue weighted by Gasteiger charge is -2.14. The third-order valence-corrected chi connectivity index (χ3v) is 2.31. The van der Waals surface area contributed by atoms with Crippen molar-refractivity contribution in [3.8, 4) is 18.1 Å². The highest BCUT2D eigenvalue weighted by Gasteiger charge is 2.11. The minimum Gasteiger partial charge on any atom is -0.494 e. The lowest BCUT2D eigenvalue weighted by Crippen LogP contribution is -2.37. The lowest BCUT2D eigenvalue weighted by atomic mass is 10.2. The summed E-state index contributed by atoms with van der Waals surface area (Å²) in [6.07, 6.45) is 5.08. The van der Waals surface area contributed by atoms with Gasteiger partial charge in [-0.25, -0.2) is 0 Å². The molecule has 18 heavy (non-hydrogen) atoms. The standard InChI is InChI=1S/C14H18N2O2/c1-4-10-15-14(17)11(3)16-12-6-8-13(9-7-12)18-5-2/h1,6-9,11,16H,5,10H2,2-3H3,(H,15,17). The fourth-order valence-electron chi connectivity index (χ4n) is 1.42. The van der Waals surface area contributed by atoms with E-state index >= 15 is 0 Å². The lowest BCUT2D eigenvalue weighted by molar-refractivity contribution is -0.121. The van der Waals surface area contributed by atoms with Gasteiger partial charge in [0.25, 0.3) is 0 Å². The smallest absolute Gasteiger partial charge is 0.242 e. The number of anilines is 1. The van der Waals surface area contributed by atoms with E-state index in [1.165, 1.54) is 0 Å². The fraction of sp³-hybridized carbons (Fsp3) is 0.357. The quantitative estimate of drug-likeness (QED) is 0.750. The average molecular weight is 246 g/mol. The van der Waals surface area contributed by atoms with Crippen LogP contribution < -0.4 is 15.4 Å². The maximum atomic E-state index is 11.6. The van der Waals surface area contributed by atoms with Crippen LogP contribution in [0.2, 0.25) is 0 Å². The van der Waals surface area contributed by atoms with Crippen LogP contribution in [0.25, 0.3) is 0 Å². The zero-order chi connectivity index (χ0) is 13.4. The topological polar surface area (TPSA) is 50.4 Å². The molecule has 1 atom stereocenters. The van der Waals surface area contributed by atoms with Crippen molar-refractivity contribution in [1.29, 1.82) is 0 Å². The zero-order valence-electron chi connectivity index (χ0n) is 10.7. The number of carbonyl (C=O) groups is 1. The molecule has 1 rings (SSSR count). The highest BCUT2D eigenvalue weighted by molar-refractivity contribution is 5.84. The molecule has 0 fully saturated rings. The average Bonchev–Trinajstić information content (AvgIpc) is 2.38. The number of rotatable bonds is 6. The molecular weight excluding hydrogens is 228 g/mol. The second kappa shape index (κ2) is 7.23. The van der Waals surface area contributed by atoms with E-state index in [4.69, 9.17) is 11.2 Å². The van der Waals surface area contributed by atoms with Crippen molar-refractivity contribution < 1.29 is 9.53 Å². The predicted octanol–water partition coefficient (Wildman–Crippen LogP) is 1.64. The summed E-state index contributed by atoms with van der Waals surface area (Å²) in [5.41, 5.74) is 0.863. The van der Waals surface area contributed by atoms with Gasteiger partial charge in [-0.05, 0) is 38.1 Å². The Kier molecular flexibility index (Phi) is 5.59. The Hall–Kier alpha value is -2.15. The first-order valence-electron chi connectivity index (χ1n) is 5.88. The fourth-order valence-corrected chi connectivity index (χ4v) is 1.42. The van der Waals surface area contributed by atoms with Gasteiger partial charge in [0.15, 0.2) is 0 Å². The Morgan fingerprint density at radius 1 is 1.44 bits per heavy atom. The molecule has 0 saturated heterocycles. The first-order chi connectivity index (χ1) is 8.67. The van der Waals surface area contributed by atoms with Crippen LogP contribution in [-0.2, 0) is 4.79 Å². The summed E-state index contributed by atoms with van der Waals surface area (Å²) in [5, 5.41) is 5.71. The number of nitrogens with one attached hydrogen (secondary N) is 2. The first kappa shape index (κ1) is 13.9. The highest BCUT2D eigenvalue weighted by atomic mass is 16.5. The molecule has 96 valence electrons. The van der Waals surface area contributed by atoms with E-state index in [-0.39, 0.29) is 18.5 Å². The number of amides is 1. The maximum absolute atomic E-state index is 11.6. The number of ether oxygens (including phenoxy) is 1. The van der Waals surface area contributed by atoms with Gasteiger partial charge in [-0.15, -0.1) is 6.42 Å². The van der Waals surface area contributed by atoms with Crippen molar-refractivity contribution in [1.82, 2.24) is 5.32 Å². The molecular formula is C14H18N2O2. The van der Waals surface area contributed by atoms with Crippen molar-refractivity contribution in [3.63, 3.8) is 0 Å². The first-order valence-corrected chi connectivity index (χ1v) is 5.88. The Morgan fingerprint density at radius 2 is 2.11 bits per heavy atom. The maximum Gasteiger partial charge on any atom is 0.242 e. The molecule has 1 aromatic rings. The van der Waals surface area contributed by atoms with Crippen LogP contribution in [-0.4, -0.2) is 25.1 Å². The van der Waals surface area contributed by atoms with Crippen LogP contribution in [0.4, 0.5) is 5.69 Å². The van der Waals surface area contributed by atoms with Gasteiger partial charge in [-0.1, -0.05) is 5.92 Å². The molecule has 2 N–H and O–H groups in total. The van der Waals surface area contributed by atoms with E-state index in [0.29, 0.717) is 6.61 Å². The van der Waals surface area contributed by atoms with E-state index in [9.17, 15) is 4.79 Å². The monoisotopic (exact) mass is 246 g/mol. The number of benzene rings is 1. The zero-order valence-corrected chi connectivity index (χ0v) is 10.7. The van der Waals surface area contributed by atoms with Gasteiger partial charge in [-0.2, -0.15) is 0 Å². The molecule has 0 aliphatic rings. The molecule has 0 radical (unpaired) electrons. The normalized spacial score (nSPS) is 11.2. The second-order valence-corrected chi connectivity index (χ2v) is 3.75. The van der Waals surface area contributed by atoms with Crippen LogP contribution in [0.1, 0.15) is 13.8 Å². The summed E-state index contributed by atoms with van der Waals surface area (Å²) < 4.78 is 5.34. The third kappa shape index (κ3) is 4.38. The van der Waals surface area contributed by atoms with Gasteiger partial charge in [0.05, 0.1) is 13.2 Å². The van der Waals surface area contributed by atoms with Gasteiger partial charge in [-0.3, -0.25) is 4.79 Å². The van der Waals surface area contributed by atoms with Crippen molar-refractivity contribution in [2.24, 2.45) is 0 Å². The number of carbonyl (C=O) groups excluding carboxylic acids is 1. The van der Waals surface area contributed by atoms with Crippen molar-refractivity contribution in [2.75, 3.05) is 18.5 Å². The van der Waals surface area contributed by atoms with Crippen LogP contribution >= 0.6 is 0 Å². The molecule has 4 heteroatoms. The van der Waals surface area contributed by atoms with Crippen LogP contribution in [0.3, 0.4) is 0 Å². The molecule has 1 unspecified atom stereocenters. The number of terminal acetylenes is 1. The Labute approximate surface area is 108 Å². The highest BCUT2D eigenvalue weighted by Crippen LogP contribution is 2.16. The van der Waals surface area contributed by atoms with Gasteiger partial charge in [0.2, 0.25) is 5.91 Å². The van der Waals surface area contributed by atoms with E-state index in [0.717, 1.165) is 11.4 Å². The van der Waals surface area contributed by atoms with Gasteiger partial charge in [0, 0.05) is 5.69 Å². The summed E-state index contributed by atoms with van der Waals surface area (Å²) in [4.78, 5) is 11.6. The molecule has 0 aliphatic carbocycles. The van der Waals surface area contributed by atoms with Crippen LogP contribution in [0.15, 0.2) is 24.3 Å². The Morgan fingerprint density at radius 3 is 2.67 bits per heavy atom. The third-order valence-electron chi connectivity index (χ3n) is 2.31. The number of hydrogen-bond acceptors (Lipinski definition) is 3. The molecule has 0 aromatic heterocycles. The summed E-state index contributed by atoms with van der Waals surface area (Å²) in [5.74, 6) is 3.05. The van der Waals surface area contributed by atoms with E-state index < -0.39 is 0 Å². The minimum absolute atomic E-state index is 0.123. The summed E-state index contributed by atoms with van der Waals surface area (Å²) >= 11 is 0. The van der Waals surface area contributed by atoms with Crippen LogP contribution in [0, 0.1) is 12.3 Å². The molecule has 1 amide bonds. The largest absolute Gasteiger partial charge is 0.494 e. The predicted molar refractivity (Wildman–Crippen MR) is 72.5 cm³/mol. The molecule has 0 aliphatic heterocycles. The molecule has 0 heterocycles. The summed E-state index contributed by atoms with van der Waals surface area (Å²) in [7, 11) is 0. The van der Waals surface area contributed by atoms with Gasteiger partial charge < -0.3 is 15.4 Å². The SMILES string of the molecule is C#CCNC(=O)C(C)Nc1ccc(OCC)cc1.